The highest BCUT2D eigenvalue weighted by molar-refractivity contribution is 5.69. The molecule has 0 amide bonds. The standard InChI is InChI=1S/C31H38F3N7O2/c1-38-15-17-40(18-16-38)23-10-13-39(14-11-23)24-8-9-26(28(20-24)42-2)36-30-35-21-25(31(32,33)34)29(37-30)41-27(12-19-43-41)22-6-4-3-5-7-22/h3-9,20-21,23,27H,10-19H2,1-2H3,(H,35,36,37). The summed E-state index contributed by atoms with van der Waals surface area (Å²) in [5, 5.41) is 4.34. The number of methoxy groups -OCH3 is 1. The number of piperazine rings is 1. The van der Waals surface area contributed by atoms with E-state index in [1.165, 1.54) is 5.06 Å². The van der Waals surface area contributed by atoms with Crippen molar-refractivity contribution < 1.29 is 22.7 Å². The first-order valence-electron chi connectivity index (χ1n) is 14.8. The van der Waals surface area contributed by atoms with Crippen molar-refractivity contribution in [3.05, 3.63) is 65.9 Å². The van der Waals surface area contributed by atoms with Crippen molar-refractivity contribution in [3.63, 3.8) is 0 Å². The van der Waals surface area contributed by atoms with Crippen LogP contribution >= 0.6 is 0 Å². The minimum absolute atomic E-state index is 0.0179. The lowest BCUT2D eigenvalue weighted by Gasteiger charge is -2.42. The summed E-state index contributed by atoms with van der Waals surface area (Å²) in [5.41, 5.74) is 1.50. The molecule has 0 saturated carbocycles. The van der Waals surface area contributed by atoms with Crippen molar-refractivity contribution in [2.75, 3.05) is 75.3 Å². The Morgan fingerprint density at radius 1 is 0.953 bits per heavy atom. The van der Waals surface area contributed by atoms with E-state index in [1.54, 1.807) is 7.11 Å². The molecule has 230 valence electrons. The summed E-state index contributed by atoms with van der Waals surface area (Å²) in [6.45, 7) is 6.68. The third-order valence-corrected chi connectivity index (χ3v) is 8.69. The smallest absolute Gasteiger partial charge is 0.421 e. The van der Waals surface area contributed by atoms with Gasteiger partial charge in [-0.1, -0.05) is 30.3 Å². The van der Waals surface area contributed by atoms with Gasteiger partial charge in [0.25, 0.3) is 0 Å². The van der Waals surface area contributed by atoms with Crippen molar-refractivity contribution in [2.24, 2.45) is 0 Å². The number of hydrogen-bond acceptors (Lipinski definition) is 9. The normalized spacial score (nSPS) is 20.9. The van der Waals surface area contributed by atoms with Crippen LogP contribution in [0.4, 0.5) is 36.3 Å². The number of hydroxylamine groups is 1. The van der Waals surface area contributed by atoms with Crippen LogP contribution in [0.2, 0.25) is 0 Å². The maximum Gasteiger partial charge on any atom is 0.421 e. The van der Waals surface area contributed by atoms with E-state index in [4.69, 9.17) is 9.57 Å². The summed E-state index contributed by atoms with van der Waals surface area (Å²) in [4.78, 5) is 21.4. The van der Waals surface area contributed by atoms with Crippen LogP contribution in [0.25, 0.3) is 0 Å². The number of ether oxygens (including phenoxy) is 1. The van der Waals surface area contributed by atoms with Crippen LogP contribution in [-0.4, -0.2) is 85.8 Å². The van der Waals surface area contributed by atoms with Crippen molar-refractivity contribution in [3.8, 4) is 5.75 Å². The van der Waals surface area contributed by atoms with Gasteiger partial charge in [-0.3, -0.25) is 9.74 Å². The van der Waals surface area contributed by atoms with E-state index in [1.807, 2.05) is 48.5 Å². The van der Waals surface area contributed by atoms with Gasteiger partial charge in [0.05, 0.1) is 25.4 Å². The average Bonchev–Trinajstić information content (AvgIpc) is 3.52. The Balaban J connectivity index is 1.19. The number of rotatable bonds is 7. The molecule has 0 bridgehead atoms. The summed E-state index contributed by atoms with van der Waals surface area (Å²) >= 11 is 0. The fourth-order valence-corrected chi connectivity index (χ4v) is 6.23. The molecule has 12 heteroatoms. The predicted octanol–water partition coefficient (Wildman–Crippen LogP) is 5.35. The molecule has 3 aromatic rings. The van der Waals surface area contributed by atoms with E-state index in [0.717, 1.165) is 69.6 Å². The molecule has 0 radical (unpaired) electrons. The minimum Gasteiger partial charge on any atom is -0.494 e. The lowest BCUT2D eigenvalue weighted by atomic mass is 10.0. The van der Waals surface area contributed by atoms with E-state index in [-0.39, 0.29) is 18.4 Å². The second-order valence-electron chi connectivity index (χ2n) is 11.4. The maximum absolute atomic E-state index is 14.1. The molecule has 3 aliphatic heterocycles. The van der Waals surface area contributed by atoms with E-state index in [9.17, 15) is 13.2 Å². The fraction of sp³-hybridized carbons (Fsp3) is 0.484. The zero-order valence-corrected chi connectivity index (χ0v) is 24.6. The molecule has 1 N–H and O–H groups in total. The molecule has 4 heterocycles. The Bertz CT molecular complexity index is 1380. The highest BCUT2D eigenvalue weighted by Gasteiger charge is 2.40. The van der Waals surface area contributed by atoms with Gasteiger partial charge in [-0.25, -0.2) is 10.0 Å². The largest absolute Gasteiger partial charge is 0.494 e. The molecular formula is C31H38F3N7O2. The molecule has 1 unspecified atom stereocenters. The predicted molar refractivity (Wildman–Crippen MR) is 160 cm³/mol. The van der Waals surface area contributed by atoms with Gasteiger partial charge in [0.1, 0.15) is 11.3 Å². The molecule has 3 saturated heterocycles. The van der Waals surface area contributed by atoms with Gasteiger partial charge >= 0.3 is 6.18 Å². The molecule has 0 aliphatic carbocycles. The van der Waals surface area contributed by atoms with Crippen LogP contribution in [0.3, 0.4) is 0 Å². The fourth-order valence-electron chi connectivity index (χ4n) is 6.23. The number of hydrogen-bond donors (Lipinski definition) is 1. The number of nitrogens with one attached hydrogen (secondary N) is 1. The molecule has 1 aromatic heterocycles. The van der Waals surface area contributed by atoms with Crippen molar-refractivity contribution >= 4 is 23.1 Å². The van der Waals surface area contributed by atoms with Gasteiger partial charge in [0, 0.05) is 69.7 Å². The Kier molecular flexibility index (Phi) is 8.60. The third kappa shape index (κ3) is 6.51. The summed E-state index contributed by atoms with van der Waals surface area (Å²) in [5.74, 6) is 0.253. The summed E-state index contributed by atoms with van der Waals surface area (Å²) in [7, 11) is 3.75. The number of nitrogens with zero attached hydrogens (tertiary/aromatic N) is 6. The van der Waals surface area contributed by atoms with Gasteiger partial charge < -0.3 is 19.9 Å². The zero-order chi connectivity index (χ0) is 30.0. The maximum atomic E-state index is 14.1. The second-order valence-corrected chi connectivity index (χ2v) is 11.4. The van der Waals surface area contributed by atoms with Crippen LogP contribution in [0, 0.1) is 0 Å². The number of benzene rings is 2. The Hall–Kier alpha value is -3.61. The lowest BCUT2D eigenvalue weighted by molar-refractivity contribution is -0.138. The van der Waals surface area contributed by atoms with Crippen LogP contribution in [-0.2, 0) is 11.0 Å². The van der Waals surface area contributed by atoms with Crippen LogP contribution in [0.1, 0.15) is 36.4 Å². The first kappa shape index (κ1) is 29.5. The molecule has 9 nitrogen and oxygen atoms in total. The molecule has 1 atom stereocenters. The molecule has 0 spiro atoms. The van der Waals surface area contributed by atoms with Gasteiger partial charge in [0.15, 0.2) is 5.82 Å². The number of likely N-dealkylation sites (N-methyl/N-ethyl adjacent to an activating group) is 1. The molecule has 43 heavy (non-hydrogen) atoms. The van der Waals surface area contributed by atoms with E-state index >= 15 is 0 Å². The van der Waals surface area contributed by atoms with E-state index < -0.39 is 17.8 Å². The number of aromatic nitrogens is 2. The van der Waals surface area contributed by atoms with Crippen molar-refractivity contribution in [2.45, 2.75) is 37.5 Å². The SMILES string of the molecule is COc1cc(N2CCC(N3CCN(C)CC3)CC2)ccc1Nc1ncc(C(F)(F)F)c(N2OCCC2c2ccccc2)n1. The highest BCUT2D eigenvalue weighted by Crippen LogP contribution is 2.42. The van der Waals surface area contributed by atoms with Crippen molar-refractivity contribution in [1.29, 1.82) is 0 Å². The topological polar surface area (TPSA) is 69.2 Å². The number of alkyl halides is 3. The van der Waals surface area contributed by atoms with Crippen LogP contribution < -0.4 is 20.0 Å². The average molecular weight is 598 g/mol. The Morgan fingerprint density at radius 2 is 1.70 bits per heavy atom. The first-order valence-corrected chi connectivity index (χ1v) is 14.8. The number of anilines is 4. The molecular weight excluding hydrogens is 559 g/mol. The summed E-state index contributed by atoms with van der Waals surface area (Å²) < 4.78 is 47.9. The highest BCUT2D eigenvalue weighted by atomic mass is 19.4. The van der Waals surface area contributed by atoms with Crippen LogP contribution in [0.15, 0.2) is 54.7 Å². The van der Waals surface area contributed by atoms with E-state index in [2.05, 4.69) is 37.0 Å². The van der Waals surface area contributed by atoms with Gasteiger partial charge in [-0.2, -0.15) is 18.2 Å². The Labute approximate surface area is 250 Å². The molecule has 3 aliphatic rings. The van der Waals surface area contributed by atoms with E-state index in [0.29, 0.717) is 23.9 Å². The minimum atomic E-state index is -4.65. The Morgan fingerprint density at radius 3 is 2.40 bits per heavy atom. The molecule has 3 fully saturated rings. The quantitative estimate of drug-likeness (QED) is 0.388. The number of halogens is 3. The summed E-state index contributed by atoms with van der Waals surface area (Å²) in [6, 6.07) is 15.4. The van der Waals surface area contributed by atoms with Crippen molar-refractivity contribution in [1.82, 2.24) is 19.8 Å². The third-order valence-electron chi connectivity index (χ3n) is 8.69. The monoisotopic (exact) mass is 597 g/mol. The second kappa shape index (κ2) is 12.6. The zero-order valence-electron chi connectivity index (χ0n) is 24.6. The number of piperidine rings is 1. The molecule has 2 aromatic carbocycles. The van der Waals surface area contributed by atoms with Gasteiger partial charge in [-0.15, -0.1) is 0 Å². The first-order chi connectivity index (χ1) is 20.8. The summed E-state index contributed by atoms with van der Waals surface area (Å²) in [6.07, 6.45) is -1.10. The molecule has 6 rings (SSSR count). The van der Waals surface area contributed by atoms with Gasteiger partial charge in [0.2, 0.25) is 5.95 Å². The van der Waals surface area contributed by atoms with Crippen LogP contribution in [0.5, 0.6) is 5.75 Å². The van der Waals surface area contributed by atoms with Gasteiger partial charge in [-0.05, 0) is 37.6 Å². The lowest BCUT2D eigenvalue weighted by Crippen LogP contribution is -2.52.